The van der Waals surface area contributed by atoms with E-state index < -0.39 is 109 Å². The highest BCUT2D eigenvalue weighted by Crippen LogP contribution is 2.50. The minimum absolute atomic E-state index is 0.288. The van der Waals surface area contributed by atoms with Gasteiger partial charge in [-0.25, -0.2) is 0 Å². The molecule has 400 valence electrons. The molecule has 0 aliphatic carbocycles. The molecule has 4 amide bonds. The number of hydrogen-bond donors (Lipinski definition) is 0. The van der Waals surface area contributed by atoms with Crippen molar-refractivity contribution >= 4 is 117 Å². The van der Waals surface area contributed by atoms with Crippen LogP contribution in [-0.4, -0.2) is 119 Å². The number of carbonyl (C=O) groups excluding carboxylic acids is 4. The highest BCUT2D eigenvalue weighted by Gasteiger charge is 2.59. The lowest BCUT2D eigenvalue weighted by molar-refractivity contribution is 0.00578. The topological polar surface area (TPSA) is 149 Å². The average Bonchev–Trinajstić information content (AvgIpc) is 4.03. The molecule has 4 fully saturated rings. The summed E-state index contributed by atoms with van der Waals surface area (Å²) >= 11 is 0. The number of fused-ring (bicyclic) bond motifs is 2. The van der Waals surface area contributed by atoms with Gasteiger partial charge in [0.15, 0.2) is 0 Å². The van der Waals surface area contributed by atoms with E-state index in [2.05, 4.69) is 0 Å². The van der Waals surface area contributed by atoms with Gasteiger partial charge in [-0.15, -0.1) is 0 Å². The van der Waals surface area contributed by atoms with Crippen molar-refractivity contribution in [2.45, 2.75) is 221 Å². The van der Waals surface area contributed by atoms with Crippen molar-refractivity contribution in [2.24, 2.45) is 0 Å². The van der Waals surface area contributed by atoms with Gasteiger partial charge in [-0.3, -0.25) is 29.0 Å². The third-order valence-corrected chi connectivity index (χ3v) is 19.9. The molecule has 11 rings (SSSR count). The maximum atomic E-state index is 15.9. The van der Waals surface area contributed by atoms with Crippen molar-refractivity contribution < 1.29 is 56.4 Å². The normalized spacial score (nSPS) is 23.8. The molecule has 0 aromatic heterocycles. The van der Waals surface area contributed by atoms with E-state index in [0.29, 0.717) is 90.6 Å². The van der Waals surface area contributed by atoms with Gasteiger partial charge < -0.3 is 37.2 Å². The molecular formula is C58H74B4N2O12. The SMILES string of the molecule is CCC(CC)N1C(=O)c2c(B3OC(C)(C)C(C)(C)O3)cc3c4cc(B5OC(C)(C)C(C)(C)O5)c5c6c(c(B7OC(C)(C)C(C)(C)O7)cc(c7cc(B8OC(C)(C)C(C)(C)O8)c(c2c37)C1=O)c64)C(=O)N(C(CC)CC)C5=O. The highest BCUT2D eigenvalue weighted by atomic mass is 16.7. The van der Waals surface area contributed by atoms with E-state index in [0.717, 1.165) is 0 Å². The molecule has 14 nitrogen and oxygen atoms in total. The van der Waals surface area contributed by atoms with E-state index in [1.165, 1.54) is 9.80 Å². The molecule has 0 saturated carbocycles. The molecule has 5 aromatic carbocycles. The quantitative estimate of drug-likeness (QED) is 0.0572. The molecule has 0 radical (unpaired) electrons. The molecule has 76 heavy (non-hydrogen) atoms. The van der Waals surface area contributed by atoms with Crippen LogP contribution < -0.4 is 21.9 Å². The first-order chi connectivity index (χ1) is 35.1. The molecule has 6 heterocycles. The summed E-state index contributed by atoms with van der Waals surface area (Å²) < 4.78 is 55.4. The molecule has 6 aliphatic rings. The summed E-state index contributed by atoms with van der Waals surface area (Å²) in [6, 6.07) is 7.01. The van der Waals surface area contributed by atoms with Crippen LogP contribution in [0.5, 0.6) is 0 Å². The zero-order chi connectivity index (χ0) is 55.5. The first-order valence-corrected chi connectivity index (χ1v) is 27.7. The lowest BCUT2D eigenvalue weighted by Crippen LogP contribution is -2.53. The summed E-state index contributed by atoms with van der Waals surface area (Å²) in [6.07, 6.45) is 2.09. The summed E-state index contributed by atoms with van der Waals surface area (Å²) in [6.45, 7) is 39.4. The van der Waals surface area contributed by atoms with Crippen molar-refractivity contribution in [3.8, 4) is 0 Å². The van der Waals surface area contributed by atoms with Gasteiger partial charge in [0.2, 0.25) is 0 Å². The Labute approximate surface area is 449 Å². The van der Waals surface area contributed by atoms with Crippen LogP contribution in [0.1, 0.15) is 206 Å². The molecule has 0 N–H and O–H groups in total. The van der Waals surface area contributed by atoms with Gasteiger partial charge in [0, 0.05) is 45.1 Å². The Kier molecular flexibility index (Phi) is 11.7. The van der Waals surface area contributed by atoms with Crippen LogP contribution in [0.2, 0.25) is 0 Å². The van der Waals surface area contributed by atoms with Crippen molar-refractivity contribution in [2.75, 3.05) is 0 Å². The fraction of sp³-hybridized carbons (Fsp3) is 0.586. The van der Waals surface area contributed by atoms with Gasteiger partial charge in [0.1, 0.15) is 0 Å². The van der Waals surface area contributed by atoms with Gasteiger partial charge in [0.05, 0.1) is 44.8 Å². The average molecular weight is 1030 g/mol. The Morgan fingerprint density at radius 3 is 0.658 bits per heavy atom. The Bertz CT molecular complexity index is 2910. The molecule has 6 aliphatic heterocycles. The van der Waals surface area contributed by atoms with Crippen LogP contribution in [-0.2, 0) is 37.2 Å². The molecule has 18 heteroatoms. The summed E-state index contributed by atoms with van der Waals surface area (Å²) in [5, 5.41) is 4.66. The van der Waals surface area contributed by atoms with Crippen LogP contribution in [0, 0.1) is 0 Å². The Morgan fingerprint density at radius 2 is 0.500 bits per heavy atom. The molecule has 5 aromatic rings. The van der Waals surface area contributed by atoms with E-state index in [9.17, 15) is 0 Å². The zero-order valence-corrected chi connectivity index (χ0v) is 48.4. The van der Waals surface area contributed by atoms with Crippen LogP contribution in [0.4, 0.5) is 0 Å². The first kappa shape index (κ1) is 53.6. The fourth-order valence-electron chi connectivity index (χ4n) is 12.4. The second-order valence-electron chi connectivity index (χ2n) is 26.3. The van der Waals surface area contributed by atoms with Crippen molar-refractivity contribution in [1.82, 2.24) is 9.80 Å². The van der Waals surface area contributed by atoms with E-state index in [1.54, 1.807) is 0 Å². The predicted molar refractivity (Wildman–Crippen MR) is 300 cm³/mol. The Hall–Kier alpha value is -4.38. The Morgan fingerprint density at radius 1 is 0.329 bits per heavy atom. The summed E-state index contributed by atoms with van der Waals surface area (Å²) in [5.41, 5.74) is -3.63. The lowest BCUT2D eigenvalue weighted by Gasteiger charge is -2.37. The lowest BCUT2D eigenvalue weighted by atomic mass is 9.64. The maximum absolute atomic E-state index is 15.9. The molecule has 0 spiro atoms. The van der Waals surface area contributed by atoms with Gasteiger partial charge in [-0.1, -0.05) is 52.0 Å². The number of amides is 4. The van der Waals surface area contributed by atoms with E-state index in [-0.39, 0.29) is 22.3 Å². The van der Waals surface area contributed by atoms with Crippen LogP contribution in [0.25, 0.3) is 43.1 Å². The minimum Gasteiger partial charge on any atom is -0.399 e. The summed E-state index contributed by atoms with van der Waals surface area (Å²) in [4.78, 5) is 66.5. The monoisotopic (exact) mass is 1030 g/mol. The van der Waals surface area contributed by atoms with Gasteiger partial charge >= 0.3 is 28.5 Å². The summed E-state index contributed by atoms with van der Waals surface area (Å²) in [5.74, 6) is -1.82. The number of rotatable bonds is 10. The fourth-order valence-corrected chi connectivity index (χ4v) is 12.4. The van der Waals surface area contributed by atoms with Crippen LogP contribution >= 0.6 is 0 Å². The van der Waals surface area contributed by atoms with Crippen LogP contribution in [0.15, 0.2) is 24.3 Å². The van der Waals surface area contributed by atoms with E-state index >= 15 is 19.2 Å². The standard InChI is InChI=1S/C58H74B4N2O12/c1-21-29(22-2)63-47(65)41-35(59-69-51(5,6)52(7,8)70-59)25-31-33-27-37(61-73-55(13,14)56(15,16)74-61)43-46-40(33)34(32-26-36(42(48(63)66)45(41)39(31)32)60-71-53(9,10)54(11,12)72-60)28-38(62-75-57(17,18)58(19,20)76-62)44(46)50(68)64(49(43)67)30(23-3)24-4/h25-30H,21-24H2,1-20H3. The second-order valence-corrected chi connectivity index (χ2v) is 26.3. The van der Waals surface area contributed by atoms with E-state index in [1.807, 2.05) is 163 Å². The minimum atomic E-state index is -1.06. The van der Waals surface area contributed by atoms with Gasteiger partial charge in [-0.05, 0) is 191 Å². The number of nitrogens with zero attached hydrogens (tertiary/aromatic N) is 2. The molecule has 0 bridgehead atoms. The molecule has 0 atom stereocenters. The maximum Gasteiger partial charge on any atom is 0.495 e. The van der Waals surface area contributed by atoms with Crippen molar-refractivity contribution in [3.05, 3.63) is 46.5 Å². The largest absolute Gasteiger partial charge is 0.495 e. The Balaban J connectivity index is 1.39. The number of imide groups is 2. The third-order valence-electron chi connectivity index (χ3n) is 19.9. The molecule has 0 unspecified atom stereocenters. The van der Waals surface area contributed by atoms with Crippen molar-refractivity contribution in [1.29, 1.82) is 0 Å². The number of hydrogen-bond acceptors (Lipinski definition) is 12. The molecule has 4 saturated heterocycles. The van der Waals surface area contributed by atoms with E-state index in [4.69, 9.17) is 37.2 Å². The number of carbonyl (C=O) groups is 4. The summed E-state index contributed by atoms with van der Waals surface area (Å²) in [7, 11) is -4.25. The molecular weight excluding hydrogens is 960 g/mol. The number of benzene rings is 5. The van der Waals surface area contributed by atoms with Crippen LogP contribution in [0.3, 0.4) is 0 Å². The zero-order valence-electron chi connectivity index (χ0n) is 48.4. The van der Waals surface area contributed by atoms with Gasteiger partial charge in [0.25, 0.3) is 23.6 Å². The smallest absolute Gasteiger partial charge is 0.399 e. The first-order valence-electron chi connectivity index (χ1n) is 27.7. The van der Waals surface area contributed by atoms with Crippen molar-refractivity contribution in [3.63, 3.8) is 0 Å². The third kappa shape index (κ3) is 7.05. The predicted octanol–water partition coefficient (Wildman–Crippen LogP) is 8.50. The highest BCUT2D eigenvalue weighted by molar-refractivity contribution is 6.70. The second kappa shape index (κ2) is 16.6. The van der Waals surface area contributed by atoms with Gasteiger partial charge in [-0.2, -0.15) is 0 Å².